The Hall–Kier alpha value is -1.08. The molecule has 3 unspecified atom stereocenters. The molecule has 0 spiro atoms. The standard InChI is InChI=1S/C20H25Br/c1-4-15(3)16-11-13-18(14-12-16)20(21)19(5-2)17-9-7-6-8-10-17/h6-15,19-20H,4-5H2,1-3H3. The van der Waals surface area contributed by atoms with Crippen LogP contribution in [0.15, 0.2) is 54.6 Å². The zero-order valence-corrected chi connectivity index (χ0v) is 14.8. The van der Waals surface area contributed by atoms with Crippen LogP contribution in [0.2, 0.25) is 0 Å². The van der Waals surface area contributed by atoms with Gasteiger partial charge >= 0.3 is 0 Å². The van der Waals surface area contributed by atoms with E-state index in [4.69, 9.17) is 0 Å². The maximum atomic E-state index is 3.93. The molecule has 112 valence electrons. The summed E-state index contributed by atoms with van der Waals surface area (Å²) in [6, 6.07) is 19.9. The van der Waals surface area contributed by atoms with Gasteiger partial charge in [-0.15, -0.1) is 0 Å². The Labute approximate surface area is 137 Å². The minimum Gasteiger partial charge on any atom is -0.0832 e. The zero-order chi connectivity index (χ0) is 15.2. The molecular formula is C20H25Br. The van der Waals surface area contributed by atoms with E-state index in [0.717, 1.165) is 6.42 Å². The van der Waals surface area contributed by atoms with E-state index in [9.17, 15) is 0 Å². The van der Waals surface area contributed by atoms with E-state index >= 15 is 0 Å². The topological polar surface area (TPSA) is 0 Å². The molecule has 0 aliphatic rings. The Morgan fingerprint density at radius 1 is 0.762 bits per heavy atom. The molecule has 0 fully saturated rings. The summed E-state index contributed by atoms with van der Waals surface area (Å²) in [6.45, 7) is 6.80. The van der Waals surface area contributed by atoms with Crippen molar-refractivity contribution in [2.45, 2.75) is 50.3 Å². The molecule has 0 aliphatic heterocycles. The van der Waals surface area contributed by atoms with E-state index < -0.39 is 0 Å². The summed E-state index contributed by atoms with van der Waals surface area (Å²) in [5.41, 5.74) is 4.22. The van der Waals surface area contributed by atoms with Crippen molar-refractivity contribution in [3.63, 3.8) is 0 Å². The molecule has 0 bridgehead atoms. The molecule has 0 aromatic heterocycles. The van der Waals surface area contributed by atoms with E-state index in [2.05, 4.69) is 91.3 Å². The molecule has 0 saturated carbocycles. The van der Waals surface area contributed by atoms with Crippen LogP contribution in [0.4, 0.5) is 0 Å². The third kappa shape index (κ3) is 3.97. The fourth-order valence-electron chi connectivity index (χ4n) is 2.79. The molecular weight excluding hydrogens is 320 g/mol. The van der Waals surface area contributed by atoms with Crippen LogP contribution in [-0.4, -0.2) is 0 Å². The number of rotatable bonds is 6. The molecule has 21 heavy (non-hydrogen) atoms. The van der Waals surface area contributed by atoms with E-state index in [1.807, 2.05) is 0 Å². The maximum absolute atomic E-state index is 3.93. The smallest absolute Gasteiger partial charge is 0.0463 e. The van der Waals surface area contributed by atoms with E-state index in [-0.39, 0.29) is 0 Å². The summed E-state index contributed by atoms with van der Waals surface area (Å²) in [4.78, 5) is 0.371. The minimum absolute atomic E-state index is 0.371. The lowest BCUT2D eigenvalue weighted by molar-refractivity contribution is 0.654. The lowest BCUT2D eigenvalue weighted by Gasteiger charge is -2.22. The highest BCUT2D eigenvalue weighted by Gasteiger charge is 2.20. The second-order valence-electron chi connectivity index (χ2n) is 5.80. The van der Waals surface area contributed by atoms with Gasteiger partial charge in [-0.25, -0.2) is 0 Å². The first-order chi connectivity index (χ1) is 10.2. The van der Waals surface area contributed by atoms with Crippen molar-refractivity contribution >= 4 is 15.9 Å². The van der Waals surface area contributed by atoms with Crippen molar-refractivity contribution in [3.05, 3.63) is 71.3 Å². The van der Waals surface area contributed by atoms with Crippen LogP contribution in [0.1, 0.15) is 67.0 Å². The van der Waals surface area contributed by atoms with Gasteiger partial charge in [0.2, 0.25) is 0 Å². The molecule has 3 atom stereocenters. The van der Waals surface area contributed by atoms with Crippen molar-refractivity contribution in [3.8, 4) is 0 Å². The molecule has 0 aliphatic carbocycles. The van der Waals surface area contributed by atoms with Gasteiger partial charge in [0, 0.05) is 10.7 Å². The lowest BCUT2D eigenvalue weighted by atomic mass is 9.88. The zero-order valence-electron chi connectivity index (χ0n) is 13.2. The molecule has 0 radical (unpaired) electrons. The van der Waals surface area contributed by atoms with Crippen LogP contribution in [0, 0.1) is 0 Å². The monoisotopic (exact) mass is 344 g/mol. The van der Waals surface area contributed by atoms with Gasteiger partial charge in [-0.2, -0.15) is 0 Å². The van der Waals surface area contributed by atoms with E-state index in [1.54, 1.807) is 0 Å². The summed E-state index contributed by atoms with van der Waals surface area (Å²) in [5, 5.41) is 0. The van der Waals surface area contributed by atoms with Gasteiger partial charge in [0.1, 0.15) is 0 Å². The van der Waals surface area contributed by atoms with Crippen molar-refractivity contribution in [2.24, 2.45) is 0 Å². The summed E-state index contributed by atoms with van der Waals surface area (Å²) in [6.07, 6.45) is 2.33. The molecule has 2 aromatic rings. The first kappa shape index (κ1) is 16.3. The molecule has 2 aromatic carbocycles. The Morgan fingerprint density at radius 3 is 1.86 bits per heavy atom. The van der Waals surface area contributed by atoms with Crippen LogP contribution in [0.3, 0.4) is 0 Å². The number of alkyl halides is 1. The van der Waals surface area contributed by atoms with Gasteiger partial charge in [0.15, 0.2) is 0 Å². The van der Waals surface area contributed by atoms with Gasteiger partial charge in [0.25, 0.3) is 0 Å². The highest BCUT2D eigenvalue weighted by molar-refractivity contribution is 9.09. The first-order valence-corrected chi connectivity index (χ1v) is 8.87. The number of hydrogen-bond donors (Lipinski definition) is 0. The summed E-state index contributed by atoms with van der Waals surface area (Å²) >= 11 is 3.93. The summed E-state index contributed by atoms with van der Waals surface area (Å²) in [7, 11) is 0. The van der Waals surface area contributed by atoms with Crippen molar-refractivity contribution in [1.82, 2.24) is 0 Å². The van der Waals surface area contributed by atoms with Crippen molar-refractivity contribution < 1.29 is 0 Å². The first-order valence-electron chi connectivity index (χ1n) is 7.96. The molecule has 0 heterocycles. The van der Waals surface area contributed by atoms with Crippen molar-refractivity contribution in [2.75, 3.05) is 0 Å². The molecule has 2 rings (SSSR count). The lowest BCUT2D eigenvalue weighted by Crippen LogP contribution is -2.05. The van der Waals surface area contributed by atoms with Gasteiger partial charge in [-0.1, -0.05) is 91.3 Å². The Morgan fingerprint density at radius 2 is 1.33 bits per heavy atom. The highest BCUT2D eigenvalue weighted by Crippen LogP contribution is 2.40. The number of hydrogen-bond acceptors (Lipinski definition) is 0. The van der Waals surface area contributed by atoms with Crippen LogP contribution >= 0.6 is 15.9 Å². The molecule has 1 heteroatoms. The predicted octanol–water partition coefficient (Wildman–Crippen LogP) is 6.83. The van der Waals surface area contributed by atoms with Gasteiger partial charge < -0.3 is 0 Å². The maximum Gasteiger partial charge on any atom is 0.0463 e. The Balaban J connectivity index is 2.20. The van der Waals surface area contributed by atoms with Gasteiger partial charge in [-0.3, -0.25) is 0 Å². The summed E-state index contributed by atoms with van der Waals surface area (Å²) in [5.74, 6) is 1.16. The SMILES string of the molecule is CCC(C)c1ccc(C(Br)C(CC)c2ccccc2)cc1. The Bertz CT molecular complexity index is 530. The van der Waals surface area contributed by atoms with Crippen LogP contribution in [0.25, 0.3) is 0 Å². The molecule has 0 nitrogen and oxygen atoms in total. The quantitative estimate of drug-likeness (QED) is 0.503. The third-order valence-corrected chi connectivity index (χ3v) is 5.62. The van der Waals surface area contributed by atoms with Gasteiger partial charge in [-0.05, 0) is 35.4 Å². The molecule has 0 amide bonds. The second-order valence-corrected chi connectivity index (χ2v) is 6.79. The van der Waals surface area contributed by atoms with Crippen molar-refractivity contribution in [1.29, 1.82) is 0 Å². The average molecular weight is 345 g/mol. The van der Waals surface area contributed by atoms with Crippen LogP contribution in [0.5, 0.6) is 0 Å². The number of benzene rings is 2. The molecule has 0 N–H and O–H groups in total. The average Bonchev–Trinajstić information content (AvgIpc) is 2.56. The van der Waals surface area contributed by atoms with E-state index in [0.29, 0.717) is 16.7 Å². The largest absolute Gasteiger partial charge is 0.0832 e. The Kier molecular flexibility index (Phi) is 6.05. The fourth-order valence-corrected chi connectivity index (χ4v) is 3.77. The normalized spacial score (nSPS) is 15.4. The van der Waals surface area contributed by atoms with E-state index in [1.165, 1.54) is 23.1 Å². The minimum atomic E-state index is 0.371. The van der Waals surface area contributed by atoms with Crippen LogP contribution < -0.4 is 0 Å². The highest BCUT2D eigenvalue weighted by atomic mass is 79.9. The third-order valence-electron chi connectivity index (χ3n) is 4.46. The fraction of sp³-hybridized carbons (Fsp3) is 0.400. The molecule has 0 saturated heterocycles. The second kappa shape index (κ2) is 7.79. The van der Waals surface area contributed by atoms with Crippen LogP contribution in [-0.2, 0) is 0 Å². The summed E-state index contributed by atoms with van der Waals surface area (Å²) < 4.78 is 0. The predicted molar refractivity (Wildman–Crippen MR) is 96.3 cm³/mol. The number of halogens is 1. The van der Waals surface area contributed by atoms with Gasteiger partial charge in [0.05, 0.1) is 0 Å².